The number of likely N-dealkylation sites (N-methyl/N-ethyl adjacent to an activating group) is 1. The van der Waals surface area contributed by atoms with Crippen LogP contribution in [0.2, 0.25) is 0 Å². The SMILES string of the molecule is CCOc1ccc(-c2nc(C(=O)NCc3ccc(OCCN(C)C)cc3)cs2)cc1. The zero-order valence-corrected chi connectivity index (χ0v) is 18.4. The molecule has 30 heavy (non-hydrogen) atoms. The highest BCUT2D eigenvalue weighted by Crippen LogP contribution is 2.25. The van der Waals surface area contributed by atoms with Gasteiger partial charge in [-0.3, -0.25) is 4.79 Å². The third kappa shape index (κ3) is 6.30. The highest BCUT2D eigenvalue weighted by molar-refractivity contribution is 7.13. The van der Waals surface area contributed by atoms with Crippen LogP contribution in [0.4, 0.5) is 0 Å². The van der Waals surface area contributed by atoms with Crippen LogP contribution in [0.3, 0.4) is 0 Å². The lowest BCUT2D eigenvalue weighted by atomic mass is 10.2. The Balaban J connectivity index is 1.51. The predicted molar refractivity (Wildman–Crippen MR) is 120 cm³/mol. The van der Waals surface area contributed by atoms with Crippen molar-refractivity contribution < 1.29 is 14.3 Å². The molecular formula is C23H27N3O3S. The molecule has 0 aliphatic carbocycles. The topological polar surface area (TPSA) is 63.7 Å². The van der Waals surface area contributed by atoms with Gasteiger partial charge in [0.05, 0.1) is 6.61 Å². The van der Waals surface area contributed by atoms with E-state index in [4.69, 9.17) is 9.47 Å². The van der Waals surface area contributed by atoms with Gasteiger partial charge in [-0.25, -0.2) is 4.98 Å². The number of hydrogen-bond donors (Lipinski definition) is 1. The van der Waals surface area contributed by atoms with Crippen molar-refractivity contribution in [3.8, 4) is 22.1 Å². The minimum atomic E-state index is -0.185. The van der Waals surface area contributed by atoms with Crippen LogP contribution in [-0.4, -0.2) is 49.6 Å². The molecule has 0 atom stereocenters. The molecule has 7 heteroatoms. The normalized spacial score (nSPS) is 10.8. The molecular weight excluding hydrogens is 398 g/mol. The molecule has 0 spiro atoms. The van der Waals surface area contributed by atoms with Crippen molar-refractivity contribution >= 4 is 17.2 Å². The average Bonchev–Trinajstić information content (AvgIpc) is 3.24. The molecule has 0 fully saturated rings. The monoisotopic (exact) mass is 425 g/mol. The summed E-state index contributed by atoms with van der Waals surface area (Å²) in [5, 5.41) is 5.51. The van der Waals surface area contributed by atoms with Crippen LogP contribution in [-0.2, 0) is 6.54 Å². The molecule has 0 bridgehead atoms. The molecule has 1 heterocycles. The summed E-state index contributed by atoms with van der Waals surface area (Å²) in [5.74, 6) is 1.46. The first-order valence-corrected chi connectivity index (χ1v) is 10.8. The van der Waals surface area contributed by atoms with Crippen LogP contribution in [0.5, 0.6) is 11.5 Å². The van der Waals surface area contributed by atoms with Gasteiger partial charge in [-0.1, -0.05) is 12.1 Å². The molecule has 2 aromatic carbocycles. The van der Waals surface area contributed by atoms with E-state index in [2.05, 4.69) is 15.2 Å². The second kappa shape index (κ2) is 10.8. The van der Waals surface area contributed by atoms with Crippen LogP contribution in [0.25, 0.3) is 10.6 Å². The first kappa shape index (κ1) is 21.8. The summed E-state index contributed by atoms with van der Waals surface area (Å²) in [6.45, 7) is 4.53. The van der Waals surface area contributed by atoms with E-state index in [1.54, 1.807) is 5.38 Å². The van der Waals surface area contributed by atoms with Crippen LogP contribution in [0.1, 0.15) is 23.0 Å². The van der Waals surface area contributed by atoms with Gasteiger partial charge in [0.25, 0.3) is 5.91 Å². The average molecular weight is 426 g/mol. The number of amides is 1. The Morgan fingerprint density at radius 2 is 1.70 bits per heavy atom. The molecule has 3 aromatic rings. The molecule has 3 rings (SSSR count). The number of carbonyl (C=O) groups excluding carboxylic acids is 1. The minimum absolute atomic E-state index is 0.185. The Morgan fingerprint density at radius 3 is 2.37 bits per heavy atom. The van der Waals surface area contributed by atoms with E-state index in [9.17, 15) is 4.79 Å². The van der Waals surface area contributed by atoms with E-state index in [-0.39, 0.29) is 5.91 Å². The Labute approximate surface area is 181 Å². The number of nitrogens with zero attached hydrogens (tertiary/aromatic N) is 2. The van der Waals surface area contributed by atoms with Gasteiger partial charge in [0.2, 0.25) is 0 Å². The fourth-order valence-electron chi connectivity index (χ4n) is 2.69. The van der Waals surface area contributed by atoms with E-state index in [1.807, 2.05) is 69.6 Å². The van der Waals surface area contributed by atoms with E-state index >= 15 is 0 Å². The second-order valence-corrected chi connectivity index (χ2v) is 7.83. The number of nitrogens with one attached hydrogen (secondary N) is 1. The maximum absolute atomic E-state index is 12.5. The Hall–Kier alpha value is -2.90. The minimum Gasteiger partial charge on any atom is -0.494 e. The van der Waals surface area contributed by atoms with Crippen molar-refractivity contribution in [2.45, 2.75) is 13.5 Å². The summed E-state index contributed by atoms with van der Waals surface area (Å²) in [6.07, 6.45) is 0. The first-order valence-electron chi connectivity index (χ1n) is 9.88. The van der Waals surface area contributed by atoms with Gasteiger partial charge in [-0.15, -0.1) is 11.3 Å². The third-order valence-corrected chi connectivity index (χ3v) is 5.22. The van der Waals surface area contributed by atoms with E-state index in [1.165, 1.54) is 11.3 Å². The zero-order chi connectivity index (χ0) is 21.3. The summed E-state index contributed by atoms with van der Waals surface area (Å²) in [7, 11) is 4.02. The van der Waals surface area contributed by atoms with Gasteiger partial charge in [-0.2, -0.15) is 0 Å². The predicted octanol–water partition coefficient (Wildman–Crippen LogP) is 4.08. The van der Waals surface area contributed by atoms with Crippen molar-refractivity contribution in [1.29, 1.82) is 0 Å². The molecule has 1 N–H and O–H groups in total. The van der Waals surface area contributed by atoms with Crippen molar-refractivity contribution in [3.63, 3.8) is 0 Å². The van der Waals surface area contributed by atoms with Gasteiger partial charge in [0, 0.05) is 24.0 Å². The maximum atomic E-state index is 12.5. The van der Waals surface area contributed by atoms with E-state index in [0.717, 1.165) is 34.2 Å². The Morgan fingerprint density at radius 1 is 1.03 bits per heavy atom. The Bertz CT molecular complexity index is 937. The lowest BCUT2D eigenvalue weighted by Crippen LogP contribution is -2.23. The van der Waals surface area contributed by atoms with Crippen LogP contribution >= 0.6 is 11.3 Å². The quantitative estimate of drug-likeness (QED) is 0.530. The highest BCUT2D eigenvalue weighted by Gasteiger charge is 2.12. The molecule has 1 aromatic heterocycles. The van der Waals surface area contributed by atoms with Gasteiger partial charge in [0.15, 0.2) is 0 Å². The molecule has 0 aliphatic heterocycles. The summed E-state index contributed by atoms with van der Waals surface area (Å²) < 4.78 is 11.1. The van der Waals surface area contributed by atoms with Gasteiger partial charge >= 0.3 is 0 Å². The van der Waals surface area contributed by atoms with Crippen molar-refractivity contribution in [2.75, 3.05) is 33.9 Å². The van der Waals surface area contributed by atoms with Crippen molar-refractivity contribution in [2.24, 2.45) is 0 Å². The molecule has 0 radical (unpaired) electrons. The molecule has 0 unspecified atom stereocenters. The van der Waals surface area contributed by atoms with Crippen molar-refractivity contribution in [1.82, 2.24) is 15.2 Å². The van der Waals surface area contributed by atoms with Crippen LogP contribution < -0.4 is 14.8 Å². The molecule has 6 nitrogen and oxygen atoms in total. The van der Waals surface area contributed by atoms with Crippen LogP contribution in [0, 0.1) is 0 Å². The van der Waals surface area contributed by atoms with Gasteiger partial charge in [0.1, 0.15) is 28.8 Å². The lowest BCUT2D eigenvalue weighted by molar-refractivity contribution is 0.0946. The van der Waals surface area contributed by atoms with Crippen LogP contribution in [0.15, 0.2) is 53.9 Å². The Kier molecular flexibility index (Phi) is 7.82. The standard InChI is InChI=1S/C23H27N3O3S/c1-4-28-19-11-7-18(8-12-19)23-25-21(16-30-23)22(27)24-15-17-5-9-20(10-6-17)29-14-13-26(2)3/h5-12,16H,4,13-15H2,1-3H3,(H,24,27). The summed E-state index contributed by atoms with van der Waals surface area (Å²) in [5.41, 5.74) is 2.39. The molecule has 158 valence electrons. The smallest absolute Gasteiger partial charge is 0.271 e. The number of rotatable bonds is 10. The zero-order valence-electron chi connectivity index (χ0n) is 17.6. The van der Waals surface area contributed by atoms with E-state index < -0.39 is 0 Å². The number of aromatic nitrogens is 1. The molecule has 1 amide bonds. The molecule has 0 saturated heterocycles. The first-order chi connectivity index (χ1) is 14.5. The summed E-state index contributed by atoms with van der Waals surface area (Å²) >= 11 is 1.45. The summed E-state index contributed by atoms with van der Waals surface area (Å²) in [4.78, 5) is 19.0. The van der Waals surface area contributed by atoms with Gasteiger partial charge < -0.3 is 19.7 Å². The maximum Gasteiger partial charge on any atom is 0.271 e. The molecule has 0 saturated carbocycles. The number of hydrogen-bond acceptors (Lipinski definition) is 6. The number of benzene rings is 2. The summed E-state index contributed by atoms with van der Waals surface area (Å²) in [6, 6.07) is 15.5. The van der Waals surface area contributed by atoms with Crippen molar-refractivity contribution in [3.05, 3.63) is 65.2 Å². The lowest BCUT2D eigenvalue weighted by Gasteiger charge is -2.11. The fraction of sp³-hybridized carbons (Fsp3) is 0.304. The van der Waals surface area contributed by atoms with E-state index in [0.29, 0.717) is 25.5 Å². The highest BCUT2D eigenvalue weighted by atomic mass is 32.1. The fourth-order valence-corrected chi connectivity index (χ4v) is 3.50. The number of carbonyl (C=O) groups is 1. The number of thiazole rings is 1. The largest absolute Gasteiger partial charge is 0.494 e. The number of ether oxygens (including phenoxy) is 2. The molecule has 0 aliphatic rings. The second-order valence-electron chi connectivity index (χ2n) is 6.97. The van der Waals surface area contributed by atoms with Gasteiger partial charge in [-0.05, 0) is 63.0 Å². The third-order valence-electron chi connectivity index (χ3n) is 4.33.